The second-order valence-electron chi connectivity index (χ2n) is 2.41. The topological polar surface area (TPSA) is 34.1 Å². The van der Waals surface area contributed by atoms with Gasteiger partial charge in [-0.2, -0.15) is 0 Å². The summed E-state index contributed by atoms with van der Waals surface area (Å²) in [6, 6.07) is 3.70. The maximum atomic E-state index is 12.7. The summed E-state index contributed by atoms with van der Waals surface area (Å²) in [5, 5.41) is 0. The van der Waals surface area contributed by atoms with Gasteiger partial charge in [-0.05, 0) is 25.1 Å². The van der Waals surface area contributed by atoms with Crippen molar-refractivity contribution in [1.82, 2.24) is 0 Å². The molecule has 0 aliphatic rings. The maximum absolute atomic E-state index is 12.7. The van der Waals surface area contributed by atoms with Gasteiger partial charge in [0, 0.05) is 5.56 Å². The molecule has 2 nitrogen and oxygen atoms in total. The van der Waals surface area contributed by atoms with Crippen LogP contribution in [0.25, 0.3) is 0 Å². The van der Waals surface area contributed by atoms with Gasteiger partial charge >= 0.3 is 0 Å². The summed E-state index contributed by atoms with van der Waals surface area (Å²) in [6.45, 7) is 1.36. The van der Waals surface area contributed by atoms with Crippen LogP contribution >= 0.6 is 0 Å². The summed E-state index contributed by atoms with van der Waals surface area (Å²) in [7, 11) is 0. The van der Waals surface area contributed by atoms with E-state index in [-0.39, 0.29) is 11.3 Å². The standard InChI is InChI=1S/C9H7FO2/c1-6(12)7-2-3-9(10)8(4-7)5-11/h2-5H,1H3. The number of rotatable bonds is 2. The molecule has 0 aliphatic carbocycles. The number of halogens is 1. The van der Waals surface area contributed by atoms with Crippen LogP contribution in [0, 0.1) is 5.82 Å². The van der Waals surface area contributed by atoms with Crippen LogP contribution in [0.4, 0.5) is 4.39 Å². The van der Waals surface area contributed by atoms with E-state index in [0.29, 0.717) is 11.8 Å². The molecular formula is C9H7FO2. The highest BCUT2D eigenvalue weighted by Crippen LogP contribution is 2.08. The quantitative estimate of drug-likeness (QED) is 0.496. The molecule has 0 N–H and O–H groups in total. The first-order valence-electron chi connectivity index (χ1n) is 3.41. The van der Waals surface area contributed by atoms with Crippen LogP contribution in [-0.2, 0) is 0 Å². The molecule has 0 spiro atoms. The third-order valence-electron chi connectivity index (χ3n) is 1.53. The molecule has 12 heavy (non-hydrogen) atoms. The van der Waals surface area contributed by atoms with Crippen molar-refractivity contribution < 1.29 is 14.0 Å². The Labute approximate surface area is 69.0 Å². The fourth-order valence-electron chi connectivity index (χ4n) is 0.853. The fraction of sp³-hybridized carbons (Fsp3) is 0.111. The lowest BCUT2D eigenvalue weighted by Crippen LogP contribution is -1.95. The first-order chi connectivity index (χ1) is 5.65. The highest BCUT2D eigenvalue weighted by molar-refractivity contribution is 5.95. The normalized spacial score (nSPS) is 9.50. The van der Waals surface area contributed by atoms with E-state index in [1.54, 1.807) is 0 Å². The van der Waals surface area contributed by atoms with E-state index in [4.69, 9.17) is 0 Å². The molecule has 0 bridgehead atoms. The average Bonchev–Trinajstić information content (AvgIpc) is 2.05. The van der Waals surface area contributed by atoms with Crippen molar-refractivity contribution in [2.24, 2.45) is 0 Å². The average molecular weight is 166 g/mol. The molecule has 0 aromatic heterocycles. The SMILES string of the molecule is CC(=O)c1ccc(F)c(C=O)c1. The third kappa shape index (κ3) is 1.56. The van der Waals surface area contributed by atoms with Gasteiger partial charge in [0.05, 0.1) is 5.56 Å². The summed E-state index contributed by atoms with van der Waals surface area (Å²) in [5.41, 5.74) is 0.265. The van der Waals surface area contributed by atoms with Crippen LogP contribution in [0.2, 0.25) is 0 Å². The lowest BCUT2D eigenvalue weighted by atomic mass is 10.1. The number of benzene rings is 1. The highest BCUT2D eigenvalue weighted by atomic mass is 19.1. The largest absolute Gasteiger partial charge is 0.298 e. The maximum Gasteiger partial charge on any atom is 0.159 e. The van der Waals surface area contributed by atoms with Crippen molar-refractivity contribution in [2.45, 2.75) is 6.92 Å². The van der Waals surface area contributed by atoms with Crippen LogP contribution in [0.1, 0.15) is 27.6 Å². The van der Waals surface area contributed by atoms with Crippen molar-refractivity contribution in [1.29, 1.82) is 0 Å². The van der Waals surface area contributed by atoms with Gasteiger partial charge in [-0.1, -0.05) is 0 Å². The minimum Gasteiger partial charge on any atom is -0.298 e. The molecule has 0 heterocycles. The molecule has 0 aliphatic heterocycles. The zero-order valence-electron chi connectivity index (χ0n) is 6.50. The minimum atomic E-state index is -0.602. The number of carbonyl (C=O) groups excluding carboxylic acids is 2. The zero-order chi connectivity index (χ0) is 9.14. The van der Waals surface area contributed by atoms with Crippen molar-refractivity contribution in [3.63, 3.8) is 0 Å². The minimum absolute atomic E-state index is 0.0808. The molecule has 0 saturated heterocycles. The molecule has 3 heteroatoms. The number of Topliss-reactive ketones (excluding diaryl/α,β-unsaturated/α-hetero) is 1. The van der Waals surface area contributed by atoms with Gasteiger partial charge < -0.3 is 0 Å². The lowest BCUT2D eigenvalue weighted by molar-refractivity contribution is 0.101. The van der Waals surface area contributed by atoms with E-state index in [2.05, 4.69) is 0 Å². The lowest BCUT2D eigenvalue weighted by Gasteiger charge is -1.97. The third-order valence-corrected chi connectivity index (χ3v) is 1.53. The Balaban J connectivity index is 3.22. The van der Waals surface area contributed by atoms with E-state index < -0.39 is 5.82 Å². The zero-order valence-corrected chi connectivity index (χ0v) is 6.50. The summed E-state index contributed by atoms with van der Waals surface area (Å²) in [6.07, 6.45) is 0.391. The molecule has 1 aromatic carbocycles. The Morgan fingerprint density at radius 1 is 1.50 bits per heavy atom. The van der Waals surface area contributed by atoms with E-state index in [1.807, 2.05) is 0 Å². The Morgan fingerprint density at radius 2 is 2.17 bits per heavy atom. The van der Waals surface area contributed by atoms with E-state index >= 15 is 0 Å². The summed E-state index contributed by atoms with van der Waals surface area (Å²) < 4.78 is 12.7. The second kappa shape index (κ2) is 3.26. The molecule has 62 valence electrons. The highest BCUT2D eigenvalue weighted by Gasteiger charge is 2.04. The van der Waals surface area contributed by atoms with Gasteiger partial charge in [0.25, 0.3) is 0 Å². The van der Waals surface area contributed by atoms with Gasteiger partial charge in [-0.25, -0.2) is 4.39 Å². The van der Waals surface area contributed by atoms with Crippen molar-refractivity contribution in [3.05, 3.63) is 35.1 Å². The number of ketones is 1. The Hall–Kier alpha value is -1.51. The van der Waals surface area contributed by atoms with Gasteiger partial charge in [-0.3, -0.25) is 9.59 Å². The van der Waals surface area contributed by atoms with Crippen LogP contribution in [-0.4, -0.2) is 12.1 Å². The predicted octanol–water partition coefficient (Wildman–Crippen LogP) is 1.84. The molecular weight excluding hydrogens is 159 g/mol. The Bertz CT molecular complexity index is 331. The summed E-state index contributed by atoms with van der Waals surface area (Å²) >= 11 is 0. The molecule has 0 amide bonds. The Morgan fingerprint density at radius 3 is 2.67 bits per heavy atom. The number of carbonyl (C=O) groups is 2. The van der Waals surface area contributed by atoms with Gasteiger partial charge in [0.15, 0.2) is 12.1 Å². The molecule has 0 saturated carbocycles. The first kappa shape index (κ1) is 8.59. The molecule has 0 atom stereocenters. The van der Waals surface area contributed by atoms with Gasteiger partial charge in [0.2, 0.25) is 0 Å². The molecule has 0 fully saturated rings. The van der Waals surface area contributed by atoms with Crippen molar-refractivity contribution in [3.8, 4) is 0 Å². The van der Waals surface area contributed by atoms with Gasteiger partial charge in [-0.15, -0.1) is 0 Å². The van der Waals surface area contributed by atoms with E-state index in [9.17, 15) is 14.0 Å². The fourth-order valence-corrected chi connectivity index (χ4v) is 0.853. The Kier molecular flexibility index (Phi) is 2.33. The van der Waals surface area contributed by atoms with Crippen molar-refractivity contribution >= 4 is 12.1 Å². The summed E-state index contributed by atoms with van der Waals surface area (Å²) in [5.74, 6) is -0.784. The van der Waals surface area contributed by atoms with Crippen molar-refractivity contribution in [2.75, 3.05) is 0 Å². The first-order valence-corrected chi connectivity index (χ1v) is 3.41. The van der Waals surface area contributed by atoms with Crippen LogP contribution in [0.5, 0.6) is 0 Å². The number of aldehydes is 1. The van der Waals surface area contributed by atoms with Crippen LogP contribution < -0.4 is 0 Å². The molecule has 0 radical (unpaired) electrons. The number of hydrogen-bond donors (Lipinski definition) is 0. The smallest absolute Gasteiger partial charge is 0.159 e. The molecule has 0 unspecified atom stereocenters. The molecule has 1 rings (SSSR count). The molecule has 1 aromatic rings. The van der Waals surface area contributed by atoms with Gasteiger partial charge in [0.1, 0.15) is 5.82 Å². The summed E-state index contributed by atoms with van der Waals surface area (Å²) in [4.78, 5) is 21.0. The predicted molar refractivity (Wildman–Crippen MR) is 41.8 cm³/mol. The van der Waals surface area contributed by atoms with Crippen LogP contribution in [0.15, 0.2) is 18.2 Å². The van der Waals surface area contributed by atoms with E-state index in [1.165, 1.54) is 19.1 Å². The van der Waals surface area contributed by atoms with Crippen LogP contribution in [0.3, 0.4) is 0 Å². The monoisotopic (exact) mass is 166 g/mol. The second-order valence-corrected chi connectivity index (χ2v) is 2.41. The number of hydrogen-bond acceptors (Lipinski definition) is 2. The van der Waals surface area contributed by atoms with E-state index in [0.717, 1.165) is 6.07 Å².